The molecule has 4 nitrogen and oxygen atoms in total. The molecule has 0 atom stereocenters. The third-order valence-corrected chi connectivity index (χ3v) is 2.90. The molecule has 0 aliphatic carbocycles. The minimum atomic E-state index is -0.461. The molecule has 19 heavy (non-hydrogen) atoms. The molecular weight excluding hydrogens is 242 g/mol. The molecular formula is C15H25NO3. The first kappa shape index (κ1) is 15.7. The number of carbonyl (C=O) groups excluding carboxylic acids is 2. The van der Waals surface area contributed by atoms with Gasteiger partial charge in [0.2, 0.25) is 0 Å². The van der Waals surface area contributed by atoms with Crippen LogP contribution in [-0.2, 0) is 9.53 Å². The highest BCUT2D eigenvalue weighted by atomic mass is 16.6. The molecule has 0 N–H and O–H groups in total. The first-order chi connectivity index (χ1) is 8.81. The fraction of sp³-hybridized carbons (Fsp3) is 0.733. The Morgan fingerprint density at radius 2 is 2.00 bits per heavy atom. The lowest BCUT2D eigenvalue weighted by molar-refractivity contribution is -0.119. The summed E-state index contributed by atoms with van der Waals surface area (Å²) < 4.78 is 5.32. The zero-order valence-electron chi connectivity index (χ0n) is 12.5. The summed E-state index contributed by atoms with van der Waals surface area (Å²) >= 11 is 0. The average Bonchev–Trinajstić information content (AvgIpc) is 2.73. The molecule has 0 aromatic carbocycles. The van der Waals surface area contributed by atoms with Crippen LogP contribution >= 0.6 is 0 Å². The topological polar surface area (TPSA) is 46.6 Å². The first-order valence-electron chi connectivity index (χ1n) is 6.99. The minimum absolute atomic E-state index is 0.279. The standard InChI is InChI=1S/C15H25NO3/c1-5-6-13(17)8-7-12-9-10-16(11-12)14(18)19-15(2,3)4/h9H,5-8,10-11H2,1-4H3. The van der Waals surface area contributed by atoms with Gasteiger partial charge in [-0.15, -0.1) is 0 Å². The lowest BCUT2D eigenvalue weighted by Crippen LogP contribution is -2.35. The van der Waals surface area contributed by atoms with Gasteiger partial charge in [-0.25, -0.2) is 4.79 Å². The lowest BCUT2D eigenvalue weighted by atomic mass is 10.1. The van der Waals surface area contributed by atoms with Crippen LogP contribution in [-0.4, -0.2) is 35.5 Å². The van der Waals surface area contributed by atoms with E-state index in [1.54, 1.807) is 4.90 Å². The molecule has 1 rings (SSSR count). The van der Waals surface area contributed by atoms with Gasteiger partial charge in [0.05, 0.1) is 0 Å². The van der Waals surface area contributed by atoms with Gasteiger partial charge in [-0.2, -0.15) is 0 Å². The maximum absolute atomic E-state index is 11.9. The summed E-state index contributed by atoms with van der Waals surface area (Å²) in [6.45, 7) is 8.77. The molecule has 0 spiro atoms. The second kappa shape index (κ2) is 6.73. The van der Waals surface area contributed by atoms with Crippen LogP contribution < -0.4 is 0 Å². The van der Waals surface area contributed by atoms with Crippen molar-refractivity contribution < 1.29 is 14.3 Å². The monoisotopic (exact) mass is 267 g/mol. The van der Waals surface area contributed by atoms with Crippen LogP contribution in [0.3, 0.4) is 0 Å². The number of Topliss-reactive ketones (excluding diaryl/α,β-unsaturated/α-hetero) is 1. The van der Waals surface area contributed by atoms with Crippen molar-refractivity contribution in [1.82, 2.24) is 4.90 Å². The molecule has 0 bridgehead atoms. The van der Waals surface area contributed by atoms with Crippen molar-refractivity contribution in [3.8, 4) is 0 Å². The number of ketones is 1. The van der Waals surface area contributed by atoms with E-state index in [9.17, 15) is 9.59 Å². The van der Waals surface area contributed by atoms with Crippen molar-refractivity contribution in [2.75, 3.05) is 13.1 Å². The summed E-state index contributed by atoms with van der Waals surface area (Å²) in [6, 6.07) is 0. The lowest BCUT2D eigenvalue weighted by Gasteiger charge is -2.24. The number of nitrogens with zero attached hydrogens (tertiary/aromatic N) is 1. The molecule has 0 unspecified atom stereocenters. The zero-order valence-corrected chi connectivity index (χ0v) is 12.5. The highest BCUT2D eigenvalue weighted by Crippen LogP contribution is 2.18. The number of amides is 1. The molecule has 0 radical (unpaired) electrons. The summed E-state index contributed by atoms with van der Waals surface area (Å²) in [6.07, 6.45) is 4.66. The van der Waals surface area contributed by atoms with E-state index in [0.29, 0.717) is 31.7 Å². The van der Waals surface area contributed by atoms with E-state index in [2.05, 4.69) is 0 Å². The Morgan fingerprint density at radius 3 is 2.58 bits per heavy atom. The molecule has 1 amide bonds. The molecule has 1 aliphatic rings. The van der Waals surface area contributed by atoms with E-state index in [-0.39, 0.29) is 6.09 Å². The van der Waals surface area contributed by atoms with Crippen LogP contribution in [0, 0.1) is 0 Å². The SMILES string of the molecule is CCCC(=O)CCC1=CCN(C(=O)OC(C)(C)C)C1. The van der Waals surface area contributed by atoms with Gasteiger partial charge < -0.3 is 9.64 Å². The first-order valence-corrected chi connectivity index (χ1v) is 6.99. The Kier molecular flexibility index (Phi) is 5.58. The molecule has 0 aromatic heterocycles. The van der Waals surface area contributed by atoms with Crippen molar-refractivity contribution in [2.24, 2.45) is 0 Å². The van der Waals surface area contributed by atoms with Gasteiger partial charge in [0, 0.05) is 25.9 Å². The fourth-order valence-electron chi connectivity index (χ4n) is 1.96. The molecule has 1 aliphatic heterocycles. The van der Waals surface area contributed by atoms with Crippen LogP contribution in [0.15, 0.2) is 11.6 Å². The maximum Gasteiger partial charge on any atom is 0.410 e. The van der Waals surface area contributed by atoms with E-state index in [1.165, 1.54) is 0 Å². The molecule has 4 heteroatoms. The highest BCUT2D eigenvalue weighted by molar-refractivity contribution is 5.78. The molecule has 108 valence electrons. The Morgan fingerprint density at radius 1 is 1.32 bits per heavy atom. The highest BCUT2D eigenvalue weighted by Gasteiger charge is 2.25. The second-order valence-electron chi connectivity index (χ2n) is 6.01. The van der Waals surface area contributed by atoms with Gasteiger partial charge in [-0.05, 0) is 33.6 Å². The number of carbonyl (C=O) groups is 2. The molecule has 0 saturated carbocycles. The van der Waals surface area contributed by atoms with Gasteiger partial charge in [-0.1, -0.05) is 18.6 Å². The second-order valence-corrected chi connectivity index (χ2v) is 6.01. The third-order valence-electron chi connectivity index (χ3n) is 2.90. The van der Waals surface area contributed by atoms with Gasteiger partial charge in [0.1, 0.15) is 11.4 Å². The predicted octanol–water partition coefficient (Wildman–Crippen LogP) is 3.31. The van der Waals surface area contributed by atoms with Crippen molar-refractivity contribution in [3.05, 3.63) is 11.6 Å². The third kappa shape index (κ3) is 5.90. The summed E-state index contributed by atoms with van der Waals surface area (Å²) in [5.74, 6) is 0.305. The Bertz CT molecular complexity index is 366. The van der Waals surface area contributed by atoms with Gasteiger partial charge in [0.15, 0.2) is 0 Å². The van der Waals surface area contributed by atoms with Crippen molar-refractivity contribution in [1.29, 1.82) is 0 Å². The van der Waals surface area contributed by atoms with E-state index < -0.39 is 5.60 Å². The number of rotatable bonds is 5. The van der Waals surface area contributed by atoms with Gasteiger partial charge >= 0.3 is 6.09 Å². The summed E-state index contributed by atoms with van der Waals surface area (Å²) in [5.41, 5.74) is 0.701. The van der Waals surface area contributed by atoms with E-state index in [4.69, 9.17) is 4.74 Å². The normalized spacial score (nSPS) is 15.4. The molecule has 0 saturated heterocycles. The average molecular weight is 267 g/mol. The van der Waals surface area contributed by atoms with Crippen LogP contribution in [0.2, 0.25) is 0 Å². The largest absolute Gasteiger partial charge is 0.444 e. The fourth-order valence-corrected chi connectivity index (χ4v) is 1.96. The van der Waals surface area contributed by atoms with E-state index >= 15 is 0 Å². The molecule has 0 fully saturated rings. The Balaban J connectivity index is 2.32. The number of ether oxygens (including phenoxy) is 1. The minimum Gasteiger partial charge on any atom is -0.444 e. The van der Waals surface area contributed by atoms with Gasteiger partial charge in [0.25, 0.3) is 0 Å². The van der Waals surface area contributed by atoms with Gasteiger partial charge in [-0.3, -0.25) is 4.79 Å². The van der Waals surface area contributed by atoms with Crippen LogP contribution in [0.4, 0.5) is 4.79 Å². The van der Waals surface area contributed by atoms with Crippen LogP contribution in [0.1, 0.15) is 53.4 Å². The molecule has 1 heterocycles. The number of hydrogen-bond acceptors (Lipinski definition) is 3. The smallest absolute Gasteiger partial charge is 0.410 e. The summed E-state index contributed by atoms with van der Waals surface area (Å²) in [7, 11) is 0. The van der Waals surface area contributed by atoms with E-state index in [1.807, 2.05) is 33.8 Å². The number of hydrogen-bond donors (Lipinski definition) is 0. The maximum atomic E-state index is 11.9. The zero-order chi connectivity index (χ0) is 14.5. The van der Waals surface area contributed by atoms with Crippen molar-refractivity contribution in [2.45, 2.75) is 59.0 Å². The van der Waals surface area contributed by atoms with Crippen LogP contribution in [0.5, 0.6) is 0 Å². The predicted molar refractivity (Wildman–Crippen MR) is 75.0 cm³/mol. The quantitative estimate of drug-likeness (QED) is 0.718. The van der Waals surface area contributed by atoms with Crippen molar-refractivity contribution >= 4 is 11.9 Å². The summed E-state index contributed by atoms with van der Waals surface area (Å²) in [5, 5.41) is 0. The Hall–Kier alpha value is -1.32. The summed E-state index contributed by atoms with van der Waals surface area (Å²) in [4.78, 5) is 25.0. The van der Waals surface area contributed by atoms with Crippen molar-refractivity contribution in [3.63, 3.8) is 0 Å². The Labute approximate surface area is 115 Å². The molecule has 0 aromatic rings. The van der Waals surface area contributed by atoms with E-state index in [0.717, 1.165) is 18.4 Å². The van der Waals surface area contributed by atoms with Crippen LogP contribution in [0.25, 0.3) is 0 Å².